The number of nitrogens with two attached hydrogens (primary N) is 1. The molecule has 3 nitrogen and oxygen atoms in total. The summed E-state index contributed by atoms with van der Waals surface area (Å²) in [4.78, 5) is 11.6. The second-order valence-electron chi connectivity index (χ2n) is 3.82. The minimum absolute atomic E-state index is 0. The number of rotatable bonds is 3. The summed E-state index contributed by atoms with van der Waals surface area (Å²) in [5.74, 6) is 0.428. The van der Waals surface area contributed by atoms with Gasteiger partial charge in [-0.1, -0.05) is 6.07 Å². The van der Waals surface area contributed by atoms with E-state index in [1.54, 1.807) is 12.1 Å². The first-order chi connectivity index (χ1) is 7.26. The molecule has 0 spiro atoms. The third-order valence-electron chi connectivity index (χ3n) is 2.69. The molecule has 0 heterocycles. The fourth-order valence-electron chi connectivity index (χ4n) is 1.73. The summed E-state index contributed by atoms with van der Waals surface area (Å²) in [5, 5.41) is 8.77. The quantitative estimate of drug-likeness (QED) is 0.817. The maximum Gasteiger partial charge on any atom is 0.176 e. The van der Waals surface area contributed by atoms with Crippen molar-refractivity contribution in [1.82, 2.24) is 0 Å². The summed E-state index contributed by atoms with van der Waals surface area (Å²) < 4.78 is 0. The highest BCUT2D eigenvalue weighted by Crippen LogP contribution is 2.41. The Morgan fingerprint density at radius 3 is 2.69 bits per heavy atom. The van der Waals surface area contributed by atoms with Gasteiger partial charge in [-0.3, -0.25) is 4.79 Å². The maximum absolute atomic E-state index is 11.6. The molecule has 1 aliphatic carbocycles. The minimum atomic E-state index is -0.0750. The molecule has 0 radical (unpaired) electrons. The van der Waals surface area contributed by atoms with Crippen LogP contribution in [0, 0.1) is 11.3 Å². The Bertz CT molecular complexity index is 447. The molecule has 2 N–H and O–H groups in total. The highest BCUT2D eigenvalue weighted by Gasteiger charge is 2.27. The van der Waals surface area contributed by atoms with Crippen LogP contribution in [0.15, 0.2) is 18.2 Å². The van der Waals surface area contributed by atoms with E-state index in [0.717, 1.165) is 18.4 Å². The van der Waals surface area contributed by atoms with E-state index in [4.69, 9.17) is 11.0 Å². The molecule has 84 valence electrons. The van der Waals surface area contributed by atoms with Crippen molar-refractivity contribution >= 4 is 18.2 Å². The maximum atomic E-state index is 11.6. The fraction of sp³-hybridized carbons (Fsp3) is 0.333. The van der Waals surface area contributed by atoms with Crippen LogP contribution in [-0.4, -0.2) is 12.3 Å². The van der Waals surface area contributed by atoms with Crippen LogP contribution in [0.3, 0.4) is 0 Å². The lowest BCUT2D eigenvalue weighted by molar-refractivity contribution is 0.100. The van der Waals surface area contributed by atoms with Crippen LogP contribution in [0.2, 0.25) is 0 Å². The van der Waals surface area contributed by atoms with E-state index in [1.807, 2.05) is 12.1 Å². The number of carbonyl (C=O) groups excluding carboxylic acids is 1. The predicted octanol–water partition coefficient (Wildman–Crippen LogP) is 2.00. The molecule has 0 atom stereocenters. The van der Waals surface area contributed by atoms with Gasteiger partial charge in [0, 0.05) is 5.56 Å². The molecule has 0 saturated heterocycles. The Balaban J connectivity index is 0.00000128. The van der Waals surface area contributed by atoms with Crippen LogP contribution in [0.25, 0.3) is 0 Å². The second-order valence-corrected chi connectivity index (χ2v) is 3.82. The molecule has 1 fully saturated rings. The molecule has 0 aromatic heterocycles. The molecule has 1 aromatic carbocycles. The fourth-order valence-corrected chi connectivity index (χ4v) is 1.73. The predicted molar refractivity (Wildman–Crippen MR) is 63.8 cm³/mol. The first-order valence-electron chi connectivity index (χ1n) is 5.03. The highest BCUT2D eigenvalue weighted by molar-refractivity contribution is 5.99. The van der Waals surface area contributed by atoms with Gasteiger partial charge in [-0.2, -0.15) is 5.26 Å². The van der Waals surface area contributed by atoms with Crippen LogP contribution in [0.4, 0.5) is 0 Å². The van der Waals surface area contributed by atoms with Gasteiger partial charge in [0.1, 0.15) is 0 Å². The van der Waals surface area contributed by atoms with Gasteiger partial charge < -0.3 is 5.73 Å². The van der Waals surface area contributed by atoms with Gasteiger partial charge in [-0.15, -0.1) is 12.4 Å². The molecule has 0 amide bonds. The Morgan fingerprint density at radius 1 is 1.50 bits per heavy atom. The summed E-state index contributed by atoms with van der Waals surface area (Å²) in [7, 11) is 0. The number of Topliss-reactive ketones (excluding diaryl/α,β-unsaturated/α-hetero) is 1. The zero-order chi connectivity index (χ0) is 10.8. The summed E-state index contributed by atoms with van der Waals surface area (Å²) in [6.45, 7) is 0.00853. The monoisotopic (exact) mass is 236 g/mol. The molecule has 2 rings (SSSR count). The molecule has 1 aromatic rings. The van der Waals surface area contributed by atoms with E-state index >= 15 is 0 Å². The van der Waals surface area contributed by atoms with Crippen LogP contribution < -0.4 is 5.73 Å². The Labute approximate surface area is 101 Å². The average molecular weight is 237 g/mol. The van der Waals surface area contributed by atoms with Crippen molar-refractivity contribution in [3.8, 4) is 6.07 Å². The number of nitrogens with zero attached hydrogens (tertiary/aromatic N) is 1. The van der Waals surface area contributed by atoms with Crippen molar-refractivity contribution in [2.75, 3.05) is 6.54 Å². The van der Waals surface area contributed by atoms with Gasteiger partial charge in [-0.25, -0.2) is 0 Å². The number of halogens is 1. The van der Waals surface area contributed by atoms with Crippen LogP contribution in [-0.2, 0) is 0 Å². The van der Waals surface area contributed by atoms with Crippen molar-refractivity contribution in [2.24, 2.45) is 5.73 Å². The number of carbonyl (C=O) groups is 1. The van der Waals surface area contributed by atoms with Crippen LogP contribution in [0.5, 0.6) is 0 Å². The number of nitriles is 1. The SMILES string of the molecule is Cl.N#Cc1ccc(C2CC2)c(C(=O)CN)c1. The van der Waals surface area contributed by atoms with Crippen molar-refractivity contribution in [2.45, 2.75) is 18.8 Å². The normalized spacial score (nSPS) is 13.8. The molecule has 0 bridgehead atoms. The Morgan fingerprint density at radius 2 is 2.19 bits per heavy atom. The van der Waals surface area contributed by atoms with Gasteiger partial charge in [-0.05, 0) is 36.5 Å². The lowest BCUT2D eigenvalue weighted by Crippen LogP contribution is -2.15. The number of hydrogen-bond acceptors (Lipinski definition) is 3. The van der Waals surface area contributed by atoms with Crippen molar-refractivity contribution in [1.29, 1.82) is 5.26 Å². The number of ketones is 1. The summed E-state index contributed by atoms with van der Waals surface area (Å²) in [6, 6.07) is 7.35. The zero-order valence-corrected chi connectivity index (χ0v) is 9.59. The summed E-state index contributed by atoms with van der Waals surface area (Å²) in [5.41, 5.74) is 7.57. The van der Waals surface area contributed by atoms with Gasteiger partial charge in [0.2, 0.25) is 0 Å². The first kappa shape index (κ1) is 12.7. The lowest BCUT2D eigenvalue weighted by atomic mass is 9.97. The van der Waals surface area contributed by atoms with Crippen molar-refractivity contribution in [3.05, 3.63) is 34.9 Å². The first-order valence-corrected chi connectivity index (χ1v) is 5.03. The Kier molecular flexibility index (Phi) is 4.05. The summed E-state index contributed by atoms with van der Waals surface area (Å²) in [6.07, 6.45) is 2.27. The standard InChI is InChI=1S/C12H12N2O.ClH/c13-6-8-1-4-10(9-2-3-9)11(5-8)12(15)7-14;/h1,4-5,9H,2-3,7,14H2;1H. The summed E-state index contributed by atoms with van der Waals surface area (Å²) >= 11 is 0. The van der Waals surface area contributed by atoms with E-state index in [-0.39, 0.29) is 24.7 Å². The van der Waals surface area contributed by atoms with Crippen molar-refractivity contribution in [3.63, 3.8) is 0 Å². The van der Waals surface area contributed by atoms with E-state index in [9.17, 15) is 4.79 Å². The second kappa shape index (κ2) is 5.11. The van der Waals surface area contributed by atoms with E-state index in [0.29, 0.717) is 17.0 Å². The average Bonchev–Trinajstić information content (AvgIpc) is 3.11. The zero-order valence-electron chi connectivity index (χ0n) is 8.77. The van der Waals surface area contributed by atoms with Crippen LogP contribution in [0.1, 0.15) is 40.2 Å². The highest BCUT2D eigenvalue weighted by atomic mass is 35.5. The lowest BCUT2D eigenvalue weighted by Gasteiger charge is -2.06. The third kappa shape index (κ3) is 2.41. The molecular weight excluding hydrogens is 224 g/mol. The van der Waals surface area contributed by atoms with Gasteiger partial charge in [0.25, 0.3) is 0 Å². The van der Waals surface area contributed by atoms with Gasteiger partial charge in [0.15, 0.2) is 5.78 Å². The molecule has 16 heavy (non-hydrogen) atoms. The van der Waals surface area contributed by atoms with Crippen LogP contribution >= 0.6 is 12.4 Å². The molecule has 0 unspecified atom stereocenters. The molecule has 1 aliphatic rings. The number of benzene rings is 1. The van der Waals surface area contributed by atoms with E-state index in [1.165, 1.54) is 0 Å². The molecule has 0 aliphatic heterocycles. The third-order valence-corrected chi connectivity index (χ3v) is 2.69. The molecular formula is C12H13ClN2O. The number of hydrogen-bond donors (Lipinski definition) is 1. The molecule has 1 saturated carbocycles. The smallest absolute Gasteiger partial charge is 0.176 e. The largest absolute Gasteiger partial charge is 0.324 e. The van der Waals surface area contributed by atoms with Crippen molar-refractivity contribution < 1.29 is 4.79 Å². The molecule has 4 heteroatoms. The topological polar surface area (TPSA) is 66.9 Å². The van der Waals surface area contributed by atoms with E-state index in [2.05, 4.69) is 0 Å². The minimum Gasteiger partial charge on any atom is -0.324 e. The Hall–Kier alpha value is -1.37. The van der Waals surface area contributed by atoms with Gasteiger partial charge >= 0.3 is 0 Å². The van der Waals surface area contributed by atoms with E-state index < -0.39 is 0 Å². The van der Waals surface area contributed by atoms with Gasteiger partial charge in [0.05, 0.1) is 18.2 Å².